The van der Waals surface area contributed by atoms with Crippen molar-refractivity contribution in [1.29, 1.82) is 0 Å². The second-order valence-electron chi connectivity index (χ2n) is 7.00. The third-order valence-electron chi connectivity index (χ3n) is 4.06. The molecule has 7 heteroatoms. The van der Waals surface area contributed by atoms with E-state index in [-0.39, 0.29) is 5.41 Å². The van der Waals surface area contributed by atoms with Crippen LogP contribution in [0.4, 0.5) is 4.79 Å². The zero-order valence-corrected chi connectivity index (χ0v) is 12.5. The fraction of sp³-hybridized carbons (Fsp3) is 0.786. The van der Waals surface area contributed by atoms with Crippen LogP contribution in [-0.2, 0) is 14.3 Å². The molecule has 2 N–H and O–H groups in total. The van der Waals surface area contributed by atoms with Gasteiger partial charge < -0.3 is 14.9 Å². The molecule has 2 rings (SSSR count). The molecule has 0 aromatic carbocycles. The van der Waals surface area contributed by atoms with Gasteiger partial charge in [-0.15, -0.1) is 0 Å². The summed E-state index contributed by atoms with van der Waals surface area (Å²) in [6.07, 6.45) is 1.36. The topological polar surface area (TPSA) is 104 Å². The predicted molar refractivity (Wildman–Crippen MR) is 71.8 cm³/mol. The molecule has 1 amide bonds. The average Bonchev–Trinajstić information content (AvgIpc) is 3.04. The van der Waals surface area contributed by atoms with Gasteiger partial charge in [-0.3, -0.25) is 4.90 Å². The van der Waals surface area contributed by atoms with E-state index in [1.807, 2.05) is 0 Å². The molecule has 7 nitrogen and oxygen atoms in total. The first-order valence-electron chi connectivity index (χ1n) is 7.02. The van der Waals surface area contributed by atoms with Gasteiger partial charge in [0, 0.05) is 0 Å². The van der Waals surface area contributed by atoms with Crippen molar-refractivity contribution in [2.75, 3.05) is 0 Å². The van der Waals surface area contributed by atoms with Gasteiger partial charge in [0.05, 0.1) is 0 Å². The first-order chi connectivity index (χ1) is 9.55. The van der Waals surface area contributed by atoms with E-state index in [1.165, 1.54) is 0 Å². The molecule has 0 aromatic rings. The molecule has 0 bridgehead atoms. The normalized spacial score (nSPS) is 27.3. The van der Waals surface area contributed by atoms with E-state index in [0.29, 0.717) is 12.8 Å². The minimum Gasteiger partial charge on any atom is -0.480 e. The Morgan fingerprint density at radius 2 is 1.48 bits per heavy atom. The van der Waals surface area contributed by atoms with Crippen molar-refractivity contribution in [3.05, 3.63) is 0 Å². The lowest BCUT2D eigenvalue weighted by Gasteiger charge is -2.42. The Morgan fingerprint density at radius 3 is 1.76 bits per heavy atom. The molecule has 0 aromatic heterocycles. The van der Waals surface area contributed by atoms with Crippen molar-refractivity contribution in [1.82, 2.24) is 4.90 Å². The largest absolute Gasteiger partial charge is 0.480 e. The molecule has 1 aliphatic carbocycles. The van der Waals surface area contributed by atoms with Crippen molar-refractivity contribution in [3.8, 4) is 0 Å². The van der Waals surface area contributed by atoms with Crippen LogP contribution < -0.4 is 0 Å². The van der Waals surface area contributed by atoms with Gasteiger partial charge in [-0.05, 0) is 51.9 Å². The second kappa shape index (κ2) is 4.89. The van der Waals surface area contributed by atoms with Crippen molar-refractivity contribution >= 4 is 18.0 Å². The SMILES string of the molecule is CC(C)(C)OC(=O)N1C(C(=O)O)CC2(CC2)CC1C(=O)O. The van der Waals surface area contributed by atoms with Crippen LogP contribution in [0.5, 0.6) is 0 Å². The molecule has 1 heterocycles. The van der Waals surface area contributed by atoms with Crippen molar-refractivity contribution < 1.29 is 29.3 Å². The Hall–Kier alpha value is -1.79. The monoisotopic (exact) mass is 299 g/mol. The van der Waals surface area contributed by atoms with E-state index in [4.69, 9.17) is 4.74 Å². The van der Waals surface area contributed by atoms with Gasteiger partial charge in [0.2, 0.25) is 0 Å². The lowest BCUT2D eigenvalue weighted by atomic mass is 9.83. The lowest BCUT2D eigenvalue weighted by molar-refractivity contribution is -0.155. The summed E-state index contributed by atoms with van der Waals surface area (Å²) in [5.74, 6) is -2.36. The van der Waals surface area contributed by atoms with Gasteiger partial charge in [0.15, 0.2) is 0 Å². The first-order valence-corrected chi connectivity index (χ1v) is 7.02. The fourth-order valence-electron chi connectivity index (χ4n) is 2.88. The van der Waals surface area contributed by atoms with E-state index in [9.17, 15) is 24.6 Å². The molecule has 1 aliphatic heterocycles. The van der Waals surface area contributed by atoms with Gasteiger partial charge >= 0.3 is 18.0 Å². The third kappa shape index (κ3) is 3.28. The van der Waals surface area contributed by atoms with Crippen LogP contribution >= 0.6 is 0 Å². The molecule has 2 aliphatic rings. The minimum absolute atomic E-state index is 0.232. The summed E-state index contributed by atoms with van der Waals surface area (Å²) in [5, 5.41) is 18.7. The van der Waals surface area contributed by atoms with E-state index in [0.717, 1.165) is 17.7 Å². The summed E-state index contributed by atoms with van der Waals surface area (Å²) in [6, 6.07) is -2.28. The zero-order valence-electron chi connectivity index (χ0n) is 12.5. The van der Waals surface area contributed by atoms with Crippen LogP contribution in [0.25, 0.3) is 0 Å². The summed E-state index contributed by atoms with van der Waals surface area (Å²) >= 11 is 0. The third-order valence-corrected chi connectivity index (χ3v) is 4.06. The number of ether oxygens (including phenoxy) is 1. The van der Waals surface area contributed by atoms with E-state index < -0.39 is 35.7 Å². The highest BCUT2D eigenvalue weighted by Crippen LogP contribution is 2.57. The predicted octanol–water partition coefficient (Wildman–Crippen LogP) is 1.70. The number of nitrogens with zero attached hydrogens (tertiary/aromatic N) is 1. The molecule has 1 spiro atoms. The Balaban J connectivity index is 2.29. The highest BCUT2D eigenvalue weighted by Gasteiger charge is 2.57. The number of hydrogen-bond donors (Lipinski definition) is 2. The Labute approximate surface area is 122 Å². The average molecular weight is 299 g/mol. The van der Waals surface area contributed by atoms with Gasteiger partial charge in [-0.1, -0.05) is 0 Å². The molecule has 118 valence electrons. The van der Waals surface area contributed by atoms with Crippen LogP contribution in [0, 0.1) is 5.41 Å². The summed E-state index contributed by atoms with van der Waals surface area (Å²) in [5.41, 5.74) is -1.04. The number of aliphatic carboxylic acids is 2. The molecule has 1 saturated heterocycles. The van der Waals surface area contributed by atoms with Crippen LogP contribution in [0.15, 0.2) is 0 Å². The Bertz CT molecular complexity index is 450. The molecular weight excluding hydrogens is 278 g/mol. The zero-order chi connectivity index (χ0) is 16.0. The van der Waals surface area contributed by atoms with Gasteiger partial charge in [0.25, 0.3) is 0 Å². The van der Waals surface area contributed by atoms with Crippen LogP contribution in [0.3, 0.4) is 0 Å². The van der Waals surface area contributed by atoms with E-state index in [2.05, 4.69) is 0 Å². The number of carbonyl (C=O) groups excluding carboxylic acids is 1. The number of rotatable bonds is 2. The summed E-state index contributed by atoms with van der Waals surface area (Å²) in [6.45, 7) is 4.97. The van der Waals surface area contributed by atoms with E-state index in [1.54, 1.807) is 20.8 Å². The maximum absolute atomic E-state index is 12.3. The lowest BCUT2D eigenvalue weighted by Crippen LogP contribution is -2.59. The Kier molecular flexibility index (Phi) is 3.63. The molecule has 0 radical (unpaired) electrons. The second-order valence-corrected chi connectivity index (χ2v) is 7.00. The number of carboxylic acids is 2. The van der Waals surface area contributed by atoms with Crippen molar-refractivity contribution in [3.63, 3.8) is 0 Å². The molecular formula is C14H21NO6. The van der Waals surface area contributed by atoms with Gasteiger partial charge in [-0.25, -0.2) is 14.4 Å². The van der Waals surface area contributed by atoms with Crippen LogP contribution in [-0.4, -0.2) is 50.8 Å². The Morgan fingerprint density at radius 1 is 1.05 bits per heavy atom. The highest BCUT2D eigenvalue weighted by molar-refractivity contribution is 5.86. The number of likely N-dealkylation sites (tertiary alicyclic amines) is 1. The molecule has 2 atom stereocenters. The number of piperidine rings is 1. The van der Waals surface area contributed by atoms with Crippen molar-refractivity contribution in [2.45, 2.75) is 64.1 Å². The number of amides is 1. The quantitative estimate of drug-likeness (QED) is 0.804. The van der Waals surface area contributed by atoms with Gasteiger partial charge in [-0.2, -0.15) is 0 Å². The van der Waals surface area contributed by atoms with E-state index >= 15 is 0 Å². The number of carboxylic acid groups (broad SMARTS) is 2. The van der Waals surface area contributed by atoms with Crippen molar-refractivity contribution in [2.24, 2.45) is 5.41 Å². The fourth-order valence-corrected chi connectivity index (χ4v) is 2.88. The number of carbonyl (C=O) groups is 3. The summed E-state index contributed by atoms with van der Waals surface area (Å²) in [4.78, 5) is 36.1. The first kappa shape index (κ1) is 15.6. The van der Waals surface area contributed by atoms with Crippen LogP contribution in [0.2, 0.25) is 0 Å². The molecule has 2 fully saturated rings. The smallest absolute Gasteiger partial charge is 0.411 e. The maximum atomic E-state index is 12.3. The molecule has 1 saturated carbocycles. The standard InChI is InChI=1S/C14H21NO6/c1-13(2,3)21-12(20)15-8(10(16)17)6-14(4-5-14)7-9(15)11(18)19/h8-9H,4-7H2,1-3H3,(H,16,17)(H,18,19). The minimum atomic E-state index is -1.18. The number of hydrogen-bond acceptors (Lipinski definition) is 4. The molecule has 2 unspecified atom stereocenters. The highest BCUT2D eigenvalue weighted by atomic mass is 16.6. The van der Waals surface area contributed by atoms with Gasteiger partial charge in [0.1, 0.15) is 17.7 Å². The summed E-state index contributed by atoms with van der Waals surface area (Å²) in [7, 11) is 0. The summed E-state index contributed by atoms with van der Waals surface area (Å²) < 4.78 is 5.19. The van der Waals surface area contributed by atoms with Crippen LogP contribution in [0.1, 0.15) is 46.5 Å². The molecule has 21 heavy (non-hydrogen) atoms. The maximum Gasteiger partial charge on any atom is 0.411 e.